The molecule has 100 valence electrons. The van der Waals surface area contributed by atoms with Crippen LogP contribution in [0.4, 0.5) is 5.69 Å². The third-order valence-corrected chi connectivity index (χ3v) is 4.61. The van der Waals surface area contributed by atoms with Gasteiger partial charge in [0.05, 0.1) is 11.6 Å². The van der Waals surface area contributed by atoms with E-state index in [1.165, 1.54) is 0 Å². The molecule has 19 heavy (non-hydrogen) atoms. The molecule has 0 radical (unpaired) electrons. The van der Waals surface area contributed by atoms with Crippen LogP contribution in [0.25, 0.3) is 0 Å². The Bertz CT molecular complexity index is 535. The molecule has 2 aliphatic rings. The lowest BCUT2D eigenvalue weighted by atomic mass is 9.69. The van der Waals surface area contributed by atoms with Crippen molar-refractivity contribution in [1.29, 1.82) is 0 Å². The van der Waals surface area contributed by atoms with Gasteiger partial charge in [-0.25, -0.2) is 0 Å². The Hall–Kier alpha value is -1.64. The number of carboxylic acid groups (broad SMARTS) is 1. The molecule has 1 aromatic carbocycles. The second-order valence-electron chi connectivity index (χ2n) is 5.63. The molecule has 1 saturated carbocycles. The van der Waals surface area contributed by atoms with Gasteiger partial charge in [0.2, 0.25) is 0 Å². The first-order chi connectivity index (χ1) is 9.20. The fourth-order valence-corrected chi connectivity index (χ4v) is 3.52. The van der Waals surface area contributed by atoms with Crippen LogP contribution in [0.3, 0.4) is 0 Å². The maximum atomic E-state index is 11.7. The zero-order valence-corrected chi connectivity index (χ0v) is 11.2. The molecule has 0 unspecified atom stereocenters. The van der Waals surface area contributed by atoms with E-state index >= 15 is 0 Å². The van der Waals surface area contributed by atoms with Gasteiger partial charge in [-0.2, -0.15) is 0 Å². The lowest BCUT2D eigenvalue weighted by Gasteiger charge is -2.37. The number of aliphatic imine (C=N–C) groups is 1. The summed E-state index contributed by atoms with van der Waals surface area (Å²) < 4.78 is 0. The molecule has 3 atom stereocenters. The number of nitrogens with zero attached hydrogens (tertiary/aromatic N) is 1. The minimum Gasteiger partial charge on any atom is -0.481 e. The standard InChI is InChI=1S/C16H19NO2/c1-2-10-7-8-14-12(9-10)15(16(18)19)11-5-3-4-6-13(11)17-14/h3-6,10,12,15H,2,7-9H2,1H3,(H,18,19)/t10-,12+,15+/m0/s1. The van der Waals surface area contributed by atoms with Gasteiger partial charge in [0, 0.05) is 11.6 Å². The van der Waals surface area contributed by atoms with Crippen molar-refractivity contribution in [2.45, 2.75) is 38.5 Å². The molecule has 1 N–H and O–H groups in total. The third-order valence-electron chi connectivity index (χ3n) is 4.61. The molecule has 1 heterocycles. The normalized spacial score (nSPS) is 29.1. The van der Waals surface area contributed by atoms with Gasteiger partial charge < -0.3 is 5.11 Å². The summed E-state index contributed by atoms with van der Waals surface area (Å²) in [7, 11) is 0. The number of benzene rings is 1. The SMILES string of the molecule is CC[C@H]1CCC2=Nc3ccccc3[C@@H](C(=O)O)[C@@H]2C1. The Morgan fingerprint density at radius 2 is 2.21 bits per heavy atom. The van der Waals surface area contributed by atoms with Crippen LogP contribution in [-0.2, 0) is 4.79 Å². The summed E-state index contributed by atoms with van der Waals surface area (Å²) in [4.78, 5) is 16.4. The molecule has 3 rings (SSSR count). The first kappa shape index (κ1) is 12.4. The molecule has 1 aromatic rings. The smallest absolute Gasteiger partial charge is 0.311 e. The van der Waals surface area contributed by atoms with Gasteiger partial charge in [-0.3, -0.25) is 9.79 Å². The summed E-state index contributed by atoms with van der Waals surface area (Å²) in [6.07, 6.45) is 4.22. The Balaban J connectivity index is 2.05. The molecule has 1 fully saturated rings. The summed E-state index contributed by atoms with van der Waals surface area (Å²) in [6, 6.07) is 7.69. The first-order valence-corrected chi connectivity index (χ1v) is 7.10. The van der Waals surface area contributed by atoms with E-state index in [9.17, 15) is 9.90 Å². The van der Waals surface area contributed by atoms with Crippen LogP contribution in [0, 0.1) is 11.8 Å². The number of hydrogen-bond acceptors (Lipinski definition) is 2. The molecule has 1 aliphatic heterocycles. The van der Waals surface area contributed by atoms with Crippen LogP contribution in [-0.4, -0.2) is 16.8 Å². The second-order valence-corrected chi connectivity index (χ2v) is 5.63. The van der Waals surface area contributed by atoms with Crippen LogP contribution in [0.15, 0.2) is 29.3 Å². The Morgan fingerprint density at radius 1 is 1.42 bits per heavy atom. The zero-order valence-electron chi connectivity index (χ0n) is 11.2. The van der Waals surface area contributed by atoms with E-state index in [4.69, 9.17) is 4.99 Å². The van der Waals surface area contributed by atoms with Crippen LogP contribution >= 0.6 is 0 Å². The molecule has 0 saturated heterocycles. The predicted molar refractivity (Wildman–Crippen MR) is 75.0 cm³/mol. The van der Waals surface area contributed by atoms with Gasteiger partial charge in [0.1, 0.15) is 0 Å². The number of carbonyl (C=O) groups is 1. The summed E-state index contributed by atoms with van der Waals surface area (Å²) in [5, 5.41) is 9.63. The maximum Gasteiger partial charge on any atom is 0.311 e. The molecule has 0 spiro atoms. The topological polar surface area (TPSA) is 49.7 Å². The quantitative estimate of drug-likeness (QED) is 0.876. The van der Waals surface area contributed by atoms with Crippen molar-refractivity contribution in [3.8, 4) is 0 Å². The van der Waals surface area contributed by atoms with E-state index in [1.54, 1.807) is 0 Å². The molecule has 3 heteroatoms. The van der Waals surface area contributed by atoms with Crippen LogP contribution in [0.2, 0.25) is 0 Å². The van der Waals surface area contributed by atoms with Crippen molar-refractivity contribution >= 4 is 17.4 Å². The lowest BCUT2D eigenvalue weighted by Crippen LogP contribution is -2.35. The van der Waals surface area contributed by atoms with Gasteiger partial charge in [-0.15, -0.1) is 0 Å². The van der Waals surface area contributed by atoms with Crippen molar-refractivity contribution in [3.63, 3.8) is 0 Å². The summed E-state index contributed by atoms with van der Waals surface area (Å²) in [6.45, 7) is 2.19. The van der Waals surface area contributed by atoms with Gasteiger partial charge in [0.25, 0.3) is 0 Å². The summed E-state index contributed by atoms with van der Waals surface area (Å²) in [5.74, 6) is -0.359. The van der Waals surface area contributed by atoms with E-state index < -0.39 is 11.9 Å². The number of hydrogen-bond donors (Lipinski definition) is 1. The lowest BCUT2D eigenvalue weighted by molar-refractivity contribution is -0.139. The Morgan fingerprint density at radius 3 is 2.95 bits per heavy atom. The molecular formula is C16H19NO2. The summed E-state index contributed by atoms with van der Waals surface area (Å²) >= 11 is 0. The van der Waals surface area contributed by atoms with E-state index in [0.29, 0.717) is 5.92 Å². The predicted octanol–water partition coefficient (Wildman–Crippen LogP) is 3.77. The molecule has 0 aromatic heterocycles. The van der Waals surface area contributed by atoms with Crippen molar-refractivity contribution in [1.82, 2.24) is 0 Å². The fraction of sp³-hybridized carbons (Fsp3) is 0.500. The Labute approximate surface area is 113 Å². The highest BCUT2D eigenvalue weighted by Gasteiger charge is 2.40. The number of fused-ring (bicyclic) bond motifs is 2. The number of para-hydroxylation sites is 1. The molecule has 0 amide bonds. The molecular weight excluding hydrogens is 238 g/mol. The first-order valence-electron chi connectivity index (χ1n) is 7.10. The third kappa shape index (κ3) is 2.07. The maximum absolute atomic E-state index is 11.7. The van der Waals surface area contributed by atoms with E-state index in [2.05, 4.69) is 6.92 Å². The van der Waals surface area contributed by atoms with E-state index in [1.807, 2.05) is 24.3 Å². The van der Waals surface area contributed by atoms with Gasteiger partial charge >= 0.3 is 5.97 Å². The number of aliphatic carboxylic acids is 1. The average molecular weight is 257 g/mol. The molecule has 0 bridgehead atoms. The van der Waals surface area contributed by atoms with Crippen LogP contribution < -0.4 is 0 Å². The Kier molecular flexibility index (Phi) is 3.13. The monoisotopic (exact) mass is 257 g/mol. The second kappa shape index (κ2) is 4.80. The van der Waals surface area contributed by atoms with Crippen molar-refractivity contribution in [3.05, 3.63) is 29.8 Å². The highest BCUT2D eigenvalue weighted by molar-refractivity contribution is 5.98. The number of rotatable bonds is 2. The van der Waals surface area contributed by atoms with Gasteiger partial charge in [0.15, 0.2) is 0 Å². The molecule has 1 aliphatic carbocycles. The van der Waals surface area contributed by atoms with Crippen molar-refractivity contribution in [2.24, 2.45) is 16.8 Å². The van der Waals surface area contributed by atoms with Gasteiger partial charge in [-0.05, 0) is 36.8 Å². The number of carboxylic acids is 1. The van der Waals surface area contributed by atoms with Gasteiger partial charge in [-0.1, -0.05) is 31.5 Å². The molecule has 3 nitrogen and oxygen atoms in total. The van der Waals surface area contributed by atoms with Crippen LogP contribution in [0.1, 0.15) is 44.1 Å². The largest absolute Gasteiger partial charge is 0.481 e. The van der Waals surface area contributed by atoms with Crippen molar-refractivity contribution in [2.75, 3.05) is 0 Å². The van der Waals surface area contributed by atoms with E-state index in [-0.39, 0.29) is 5.92 Å². The fourth-order valence-electron chi connectivity index (χ4n) is 3.52. The zero-order chi connectivity index (χ0) is 13.4. The van der Waals surface area contributed by atoms with E-state index in [0.717, 1.165) is 42.6 Å². The van der Waals surface area contributed by atoms with Crippen LogP contribution in [0.5, 0.6) is 0 Å². The minimum absolute atomic E-state index is 0.103. The van der Waals surface area contributed by atoms with Crippen molar-refractivity contribution < 1.29 is 9.90 Å². The minimum atomic E-state index is -0.707. The highest BCUT2D eigenvalue weighted by Crippen LogP contribution is 2.45. The summed E-state index contributed by atoms with van der Waals surface area (Å²) in [5.41, 5.74) is 2.85. The average Bonchev–Trinajstić information content (AvgIpc) is 2.43. The highest BCUT2D eigenvalue weighted by atomic mass is 16.4.